The molecule has 1 saturated carbocycles. The van der Waals surface area contributed by atoms with Crippen LogP contribution in [0, 0.1) is 5.92 Å². The highest BCUT2D eigenvalue weighted by atomic mass is 16.5. The zero-order valence-corrected chi connectivity index (χ0v) is 25.7. The van der Waals surface area contributed by atoms with Crippen molar-refractivity contribution < 1.29 is 24.2 Å². The normalized spacial score (nSPS) is 19.6. The van der Waals surface area contributed by atoms with Crippen LogP contribution in [0.4, 0.5) is 21.0 Å². The fraction of sp³-hybridized carbons (Fsp3) is 0.441. The van der Waals surface area contributed by atoms with Gasteiger partial charge in [-0.3, -0.25) is 4.79 Å². The molecule has 1 aliphatic heterocycles. The van der Waals surface area contributed by atoms with E-state index in [1.165, 1.54) is 6.42 Å². The third-order valence-corrected chi connectivity index (χ3v) is 8.69. The van der Waals surface area contributed by atoms with Gasteiger partial charge >= 0.3 is 12.1 Å². The highest BCUT2D eigenvalue weighted by Gasteiger charge is 2.34. The maximum atomic E-state index is 13.8. The van der Waals surface area contributed by atoms with Crippen LogP contribution < -0.4 is 20.7 Å². The summed E-state index contributed by atoms with van der Waals surface area (Å²) in [4.78, 5) is 43.1. The zero-order chi connectivity index (χ0) is 31.2. The highest BCUT2D eigenvalue weighted by Crippen LogP contribution is 2.31. The van der Waals surface area contributed by atoms with Crippen molar-refractivity contribution in [2.75, 3.05) is 37.4 Å². The summed E-state index contributed by atoms with van der Waals surface area (Å²) in [5, 5.41) is 20.8. The molecule has 0 radical (unpaired) electrons. The second kappa shape index (κ2) is 14.0. The molecule has 10 heteroatoms. The molecule has 3 aromatic rings. The van der Waals surface area contributed by atoms with Crippen LogP contribution in [0.25, 0.3) is 10.8 Å². The van der Waals surface area contributed by atoms with Gasteiger partial charge in [-0.1, -0.05) is 62.6 Å². The number of carbonyl (C=O) groups excluding carboxylic acids is 3. The van der Waals surface area contributed by atoms with E-state index in [1.807, 2.05) is 49.4 Å². The van der Waals surface area contributed by atoms with Crippen molar-refractivity contribution in [3.8, 4) is 5.75 Å². The molecule has 1 heterocycles. The number of rotatable bonds is 7. The molecule has 0 saturated heterocycles. The SMILES string of the molecule is C[C@@H]1CN([C@H](C)CO)C(=O)c2cc(NC(=O)Nc3cccc4ccccc34)ccc2O[C@H]1CN(C)C(=O)NC1CCCCC1. The molecule has 4 N–H and O–H groups in total. The Kier molecular flexibility index (Phi) is 9.89. The average molecular weight is 602 g/mol. The minimum Gasteiger partial charge on any atom is -0.487 e. The van der Waals surface area contributed by atoms with Crippen molar-refractivity contribution >= 4 is 40.1 Å². The van der Waals surface area contributed by atoms with Gasteiger partial charge in [-0.2, -0.15) is 0 Å². The Bertz CT molecular complexity index is 1480. The van der Waals surface area contributed by atoms with Gasteiger partial charge in [0.1, 0.15) is 11.9 Å². The largest absolute Gasteiger partial charge is 0.487 e. The number of aliphatic hydroxyl groups is 1. The first-order valence-electron chi connectivity index (χ1n) is 15.5. The molecule has 1 aliphatic carbocycles. The number of carbonyl (C=O) groups is 3. The summed E-state index contributed by atoms with van der Waals surface area (Å²) in [6.07, 6.45) is 5.05. The van der Waals surface area contributed by atoms with Crippen molar-refractivity contribution in [1.29, 1.82) is 0 Å². The molecule has 0 bridgehead atoms. The topological polar surface area (TPSA) is 123 Å². The number of nitrogens with zero attached hydrogens (tertiary/aromatic N) is 2. The van der Waals surface area contributed by atoms with Crippen LogP contribution in [-0.4, -0.2) is 77.8 Å². The molecule has 0 spiro atoms. The first-order valence-corrected chi connectivity index (χ1v) is 15.5. The molecule has 5 rings (SSSR count). The molecular formula is C34H43N5O5. The third kappa shape index (κ3) is 7.24. The van der Waals surface area contributed by atoms with Crippen molar-refractivity contribution in [2.45, 2.75) is 64.1 Å². The predicted octanol–water partition coefficient (Wildman–Crippen LogP) is 5.68. The monoisotopic (exact) mass is 601 g/mol. The molecule has 1 fully saturated rings. The number of hydrogen-bond donors (Lipinski definition) is 4. The average Bonchev–Trinajstić information content (AvgIpc) is 3.03. The molecular weight excluding hydrogens is 558 g/mol. The fourth-order valence-corrected chi connectivity index (χ4v) is 6.02. The predicted molar refractivity (Wildman–Crippen MR) is 172 cm³/mol. The maximum absolute atomic E-state index is 13.8. The van der Waals surface area contributed by atoms with Crippen LogP contribution in [-0.2, 0) is 0 Å². The summed E-state index contributed by atoms with van der Waals surface area (Å²) in [6, 6.07) is 17.6. The van der Waals surface area contributed by atoms with Gasteiger partial charge in [0.25, 0.3) is 5.91 Å². The number of benzene rings is 3. The second-order valence-electron chi connectivity index (χ2n) is 12.1. The van der Waals surface area contributed by atoms with Crippen LogP contribution in [0.2, 0.25) is 0 Å². The Morgan fingerprint density at radius 1 is 1.05 bits per heavy atom. The van der Waals surface area contributed by atoms with Crippen molar-refractivity contribution in [1.82, 2.24) is 15.1 Å². The van der Waals surface area contributed by atoms with Gasteiger partial charge in [-0.15, -0.1) is 0 Å². The van der Waals surface area contributed by atoms with Gasteiger partial charge in [0, 0.05) is 36.6 Å². The first-order chi connectivity index (χ1) is 21.2. The van der Waals surface area contributed by atoms with Crippen LogP contribution in [0.15, 0.2) is 60.7 Å². The Morgan fingerprint density at radius 3 is 2.57 bits per heavy atom. The number of anilines is 2. The quantitative estimate of drug-likeness (QED) is 0.278. The molecule has 44 heavy (non-hydrogen) atoms. The van der Waals surface area contributed by atoms with Crippen molar-refractivity contribution in [3.63, 3.8) is 0 Å². The van der Waals surface area contributed by atoms with Gasteiger partial charge in [-0.05, 0) is 49.4 Å². The zero-order valence-electron chi connectivity index (χ0n) is 25.7. The van der Waals surface area contributed by atoms with Gasteiger partial charge in [-0.25, -0.2) is 9.59 Å². The molecule has 234 valence electrons. The van der Waals surface area contributed by atoms with Gasteiger partial charge in [0.15, 0.2) is 0 Å². The van der Waals surface area contributed by atoms with E-state index in [9.17, 15) is 19.5 Å². The maximum Gasteiger partial charge on any atom is 0.323 e. The van der Waals surface area contributed by atoms with Crippen LogP contribution in [0.3, 0.4) is 0 Å². The third-order valence-electron chi connectivity index (χ3n) is 8.69. The number of urea groups is 2. The lowest BCUT2D eigenvalue weighted by molar-refractivity contribution is 0.0366. The number of ether oxygens (including phenoxy) is 1. The van der Waals surface area contributed by atoms with E-state index in [4.69, 9.17) is 4.74 Å². The lowest BCUT2D eigenvalue weighted by Gasteiger charge is -2.38. The minimum atomic E-state index is -0.446. The Morgan fingerprint density at radius 2 is 1.80 bits per heavy atom. The number of aliphatic hydroxyl groups excluding tert-OH is 1. The summed E-state index contributed by atoms with van der Waals surface area (Å²) >= 11 is 0. The highest BCUT2D eigenvalue weighted by molar-refractivity contribution is 6.07. The van der Waals surface area contributed by atoms with E-state index in [2.05, 4.69) is 16.0 Å². The summed E-state index contributed by atoms with van der Waals surface area (Å²) in [5.74, 6) is -0.0635. The van der Waals surface area contributed by atoms with E-state index >= 15 is 0 Å². The molecule has 5 amide bonds. The number of amides is 5. The lowest BCUT2D eigenvalue weighted by atomic mass is 9.96. The Hall–Kier alpha value is -4.31. The molecule has 0 unspecified atom stereocenters. The van der Waals surface area contributed by atoms with Crippen LogP contribution in [0.1, 0.15) is 56.3 Å². The Balaban J connectivity index is 1.34. The summed E-state index contributed by atoms with van der Waals surface area (Å²) < 4.78 is 6.44. The van der Waals surface area contributed by atoms with E-state index in [1.54, 1.807) is 42.0 Å². The molecule has 2 aliphatic rings. The van der Waals surface area contributed by atoms with Gasteiger partial charge in [0.2, 0.25) is 0 Å². The Labute approximate surface area is 258 Å². The standard InChI is InChI=1S/C34H43N5O5/c1-22-19-39(23(2)21-40)32(41)28-18-26(35-33(42)37-29-15-9-11-24-10-7-8-14-27(24)29)16-17-30(28)44-31(22)20-38(3)34(43)36-25-12-5-4-6-13-25/h7-11,14-18,22-23,25,31,40H,4-6,12-13,19-21H2,1-3H3,(H,36,43)(H2,35,37,42)/t22-,23-,31+/m1/s1. The molecule has 3 aromatic carbocycles. The van der Waals surface area contributed by atoms with E-state index < -0.39 is 18.2 Å². The van der Waals surface area contributed by atoms with E-state index in [0.717, 1.165) is 36.5 Å². The van der Waals surface area contributed by atoms with Crippen molar-refractivity contribution in [3.05, 3.63) is 66.2 Å². The number of fused-ring (bicyclic) bond motifs is 2. The number of nitrogens with one attached hydrogen (secondary N) is 3. The van der Waals surface area contributed by atoms with Crippen LogP contribution in [0.5, 0.6) is 5.75 Å². The summed E-state index contributed by atoms with van der Waals surface area (Å²) in [7, 11) is 1.76. The molecule has 3 atom stereocenters. The smallest absolute Gasteiger partial charge is 0.323 e. The summed E-state index contributed by atoms with van der Waals surface area (Å²) in [5.41, 5.74) is 1.37. The van der Waals surface area contributed by atoms with Crippen molar-refractivity contribution in [2.24, 2.45) is 5.92 Å². The molecule has 10 nitrogen and oxygen atoms in total. The first kappa shape index (κ1) is 31.1. The lowest BCUT2D eigenvalue weighted by Crippen LogP contribution is -2.52. The van der Waals surface area contributed by atoms with Crippen LogP contribution >= 0.6 is 0 Å². The van der Waals surface area contributed by atoms with E-state index in [0.29, 0.717) is 30.2 Å². The van der Waals surface area contributed by atoms with Gasteiger partial charge in [0.05, 0.1) is 30.4 Å². The summed E-state index contributed by atoms with van der Waals surface area (Å²) in [6.45, 7) is 4.24. The second-order valence-corrected chi connectivity index (χ2v) is 12.1. The van der Waals surface area contributed by atoms with E-state index in [-0.39, 0.29) is 36.1 Å². The van der Waals surface area contributed by atoms with Gasteiger partial charge < -0.3 is 35.6 Å². The fourth-order valence-electron chi connectivity index (χ4n) is 6.02. The number of hydrogen-bond acceptors (Lipinski definition) is 5. The number of likely N-dealkylation sites (N-methyl/N-ethyl adjacent to an activating group) is 1. The minimum absolute atomic E-state index is 0.129. The molecule has 0 aromatic heterocycles.